The van der Waals surface area contributed by atoms with Crippen LogP contribution in [0, 0.1) is 6.92 Å². The maximum absolute atomic E-state index is 11.4. The third-order valence-corrected chi connectivity index (χ3v) is 2.81. The maximum Gasteiger partial charge on any atom is 0.310 e. The van der Waals surface area contributed by atoms with Crippen molar-refractivity contribution in [3.05, 3.63) is 28.8 Å². The largest absolute Gasteiger partial charge is 0.496 e. The second-order valence-corrected chi connectivity index (χ2v) is 3.97. The van der Waals surface area contributed by atoms with Crippen LogP contribution in [0.2, 0.25) is 0 Å². The van der Waals surface area contributed by atoms with Crippen molar-refractivity contribution >= 4 is 17.6 Å². The Balaban J connectivity index is 2.96. The van der Waals surface area contributed by atoms with Gasteiger partial charge in [0.25, 0.3) is 0 Å². The third-order valence-electron chi connectivity index (χ3n) is 2.52. The molecule has 0 spiro atoms. The van der Waals surface area contributed by atoms with E-state index in [1.54, 1.807) is 14.0 Å². The van der Waals surface area contributed by atoms with E-state index in [1.807, 2.05) is 19.1 Å². The minimum atomic E-state index is -0.221. The average Bonchev–Trinajstić information content (AvgIpc) is 2.31. The zero-order valence-electron chi connectivity index (χ0n) is 10.4. The van der Waals surface area contributed by atoms with Crippen LogP contribution in [-0.4, -0.2) is 19.7 Å². The normalized spacial score (nSPS) is 10.1. The molecule has 0 heterocycles. The Morgan fingerprint density at radius 2 is 2.06 bits per heavy atom. The summed E-state index contributed by atoms with van der Waals surface area (Å²) in [6, 6.07) is 3.80. The molecule has 0 aliphatic heterocycles. The number of benzene rings is 1. The monoisotopic (exact) mass is 256 g/mol. The molecule has 4 heteroatoms. The van der Waals surface area contributed by atoms with Gasteiger partial charge in [0, 0.05) is 5.56 Å². The Labute approximate surface area is 107 Å². The number of esters is 1. The lowest BCUT2D eigenvalue weighted by atomic mass is 10.0. The second-order valence-electron chi connectivity index (χ2n) is 3.71. The van der Waals surface area contributed by atoms with Gasteiger partial charge in [-0.25, -0.2) is 0 Å². The van der Waals surface area contributed by atoms with Gasteiger partial charge in [-0.3, -0.25) is 4.79 Å². The van der Waals surface area contributed by atoms with E-state index in [0.29, 0.717) is 12.5 Å². The molecule has 0 amide bonds. The topological polar surface area (TPSA) is 35.5 Å². The minimum Gasteiger partial charge on any atom is -0.496 e. The Kier molecular flexibility index (Phi) is 5.29. The van der Waals surface area contributed by atoms with Gasteiger partial charge in [-0.05, 0) is 31.0 Å². The fourth-order valence-electron chi connectivity index (χ4n) is 1.63. The van der Waals surface area contributed by atoms with Crippen molar-refractivity contribution in [2.75, 3.05) is 13.7 Å². The Morgan fingerprint density at radius 3 is 2.59 bits per heavy atom. The van der Waals surface area contributed by atoms with Crippen LogP contribution in [-0.2, 0) is 21.8 Å². The Bertz CT molecular complexity index is 402. The average molecular weight is 257 g/mol. The summed E-state index contributed by atoms with van der Waals surface area (Å²) < 4.78 is 10.2. The van der Waals surface area contributed by atoms with Gasteiger partial charge in [0.15, 0.2) is 0 Å². The van der Waals surface area contributed by atoms with Crippen LogP contribution in [0.1, 0.15) is 23.6 Å². The Morgan fingerprint density at radius 1 is 1.35 bits per heavy atom. The molecule has 0 aliphatic carbocycles. The van der Waals surface area contributed by atoms with Crippen LogP contribution in [0.3, 0.4) is 0 Å². The molecule has 17 heavy (non-hydrogen) atoms. The first-order valence-corrected chi connectivity index (χ1v) is 6.03. The number of halogens is 1. The van der Waals surface area contributed by atoms with Crippen molar-refractivity contribution in [1.29, 1.82) is 0 Å². The predicted octanol–water partition coefficient (Wildman–Crippen LogP) is 2.85. The number of alkyl halides is 1. The molecule has 94 valence electrons. The van der Waals surface area contributed by atoms with Crippen molar-refractivity contribution in [2.45, 2.75) is 26.1 Å². The summed E-state index contributed by atoms with van der Waals surface area (Å²) in [4.78, 5) is 11.4. The number of hydrogen-bond acceptors (Lipinski definition) is 3. The van der Waals surface area contributed by atoms with Crippen LogP contribution in [0.4, 0.5) is 0 Å². The highest BCUT2D eigenvalue weighted by atomic mass is 35.5. The van der Waals surface area contributed by atoms with Gasteiger partial charge in [0.05, 0.1) is 26.0 Å². The SMILES string of the molecule is CCOC(=O)Cc1cc(CCl)c(OC)cc1C. The van der Waals surface area contributed by atoms with Crippen LogP contribution >= 0.6 is 11.6 Å². The lowest BCUT2D eigenvalue weighted by molar-refractivity contribution is -0.142. The molecule has 0 fully saturated rings. The summed E-state index contributed by atoms with van der Waals surface area (Å²) in [6.07, 6.45) is 0.271. The van der Waals surface area contributed by atoms with Gasteiger partial charge in [0.1, 0.15) is 5.75 Å². The van der Waals surface area contributed by atoms with Gasteiger partial charge in [-0.1, -0.05) is 6.07 Å². The van der Waals surface area contributed by atoms with Crippen LogP contribution in [0.5, 0.6) is 5.75 Å². The first-order valence-electron chi connectivity index (χ1n) is 5.50. The molecule has 0 bridgehead atoms. The minimum absolute atomic E-state index is 0.221. The number of ether oxygens (including phenoxy) is 2. The summed E-state index contributed by atoms with van der Waals surface area (Å²) in [5.41, 5.74) is 2.82. The first kappa shape index (κ1) is 13.8. The molecule has 0 unspecified atom stereocenters. The summed E-state index contributed by atoms with van der Waals surface area (Å²) in [6.45, 7) is 4.13. The molecule has 3 nitrogen and oxygen atoms in total. The molecule has 1 aromatic carbocycles. The van der Waals surface area contributed by atoms with E-state index in [-0.39, 0.29) is 12.4 Å². The number of methoxy groups -OCH3 is 1. The predicted molar refractivity (Wildman–Crippen MR) is 67.6 cm³/mol. The summed E-state index contributed by atoms with van der Waals surface area (Å²) in [5, 5.41) is 0. The molecule has 0 atom stereocenters. The van der Waals surface area contributed by atoms with E-state index in [1.165, 1.54) is 0 Å². The number of carbonyl (C=O) groups excluding carboxylic acids is 1. The van der Waals surface area contributed by atoms with Gasteiger partial charge in [-0.15, -0.1) is 11.6 Å². The van der Waals surface area contributed by atoms with Crippen LogP contribution in [0.15, 0.2) is 12.1 Å². The van der Waals surface area contributed by atoms with Crippen molar-refractivity contribution in [1.82, 2.24) is 0 Å². The molecular weight excluding hydrogens is 240 g/mol. The molecule has 0 saturated heterocycles. The molecule has 0 aliphatic rings. The number of rotatable bonds is 5. The van der Waals surface area contributed by atoms with E-state index in [4.69, 9.17) is 21.1 Å². The number of hydrogen-bond donors (Lipinski definition) is 0. The summed E-state index contributed by atoms with van der Waals surface area (Å²) >= 11 is 5.84. The van der Waals surface area contributed by atoms with E-state index >= 15 is 0 Å². The quantitative estimate of drug-likeness (QED) is 0.600. The first-order chi connectivity index (χ1) is 8.12. The summed E-state index contributed by atoms with van der Waals surface area (Å²) in [7, 11) is 1.61. The van der Waals surface area contributed by atoms with Gasteiger partial charge in [-0.2, -0.15) is 0 Å². The third kappa shape index (κ3) is 3.63. The highest BCUT2D eigenvalue weighted by Crippen LogP contribution is 2.25. The van der Waals surface area contributed by atoms with E-state index < -0.39 is 0 Å². The Hall–Kier alpha value is -1.22. The summed E-state index contributed by atoms with van der Waals surface area (Å²) in [5.74, 6) is 0.894. The van der Waals surface area contributed by atoms with E-state index in [0.717, 1.165) is 22.4 Å². The fourth-order valence-corrected chi connectivity index (χ4v) is 1.84. The molecular formula is C13H17ClO3. The molecule has 0 saturated carbocycles. The van der Waals surface area contributed by atoms with Crippen LogP contribution < -0.4 is 4.74 Å². The van der Waals surface area contributed by atoms with Crippen molar-refractivity contribution < 1.29 is 14.3 Å². The smallest absolute Gasteiger partial charge is 0.310 e. The number of aryl methyl sites for hydroxylation is 1. The molecule has 0 radical (unpaired) electrons. The van der Waals surface area contributed by atoms with E-state index in [2.05, 4.69) is 0 Å². The number of carbonyl (C=O) groups is 1. The van der Waals surface area contributed by atoms with Crippen molar-refractivity contribution in [3.8, 4) is 5.75 Å². The molecule has 1 rings (SSSR count). The second kappa shape index (κ2) is 6.50. The lowest BCUT2D eigenvalue weighted by Crippen LogP contribution is -2.09. The fraction of sp³-hybridized carbons (Fsp3) is 0.462. The standard InChI is InChI=1S/C13H17ClO3/c1-4-17-13(15)7-10-6-11(8-14)12(16-3)5-9(10)2/h5-6H,4,7-8H2,1-3H3. The highest BCUT2D eigenvalue weighted by Gasteiger charge is 2.11. The van der Waals surface area contributed by atoms with Crippen molar-refractivity contribution in [3.63, 3.8) is 0 Å². The molecule has 0 aromatic heterocycles. The van der Waals surface area contributed by atoms with E-state index in [9.17, 15) is 4.79 Å². The molecule has 0 N–H and O–H groups in total. The lowest BCUT2D eigenvalue weighted by Gasteiger charge is -2.11. The zero-order valence-corrected chi connectivity index (χ0v) is 11.1. The van der Waals surface area contributed by atoms with Crippen molar-refractivity contribution in [2.24, 2.45) is 0 Å². The van der Waals surface area contributed by atoms with Gasteiger partial charge in [0.2, 0.25) is 0 Å². The zero-order chi connectivity index (χ0) is 12.8. The van der Waals surface area contributed by atoms with Crippen LogP contribution in [0.25, 0.3) is 0 Å². The van der Waals surface area contributed by atoms with Gasteiger partial charge < -0.3 is 9.47 Å². The maximum atomic E-state index is 11.4. The van der Waals surface area contributed by atoms with Gasteiger partial charge >= 0.3 is 5.97 Å². The molecule has 1 aromatic rings. The highest BCUT2D eigenvalue weighted by molar-refractivity contribution is 6.17.